The Morgan fingerprint density at radius 2 is 1.09 bits per heavy atom. The molecule has 5 nitrogen and oxygen atoms in total. The number of carbonyl (C=O) groups is 1. The van der Waals surface area contributed by atoms with E-state index >= 15 is 0 Å². The molecule has 0 radical (unpaired) electrons. The number of ether oxygens (including phenoxy) is 2. The quantitative estimate of drug-likeness (QED) is 0.346. The third-order valence-electron chi connectivity index (χ3n) is 7.40. The van der Waals surface area contributed by atoms with Gasteiger partial charge in [-0.2, -0.15) is 52.7 Å². The van der Waals surface area contributed by atoms with Gasteiger partial charge in [0.05, 0.1) is 28.8 Å². The summed E-state index contributed by atoms with van der Waals surface area (Å²) in [5, 5.41) is 2.46. The molecular formula is C26H22F12N2O3. The molecule has 2 aliphatic rings. The fraction of sp³-hybridized carbons (Fsp3) is 0.500. The monoisotopic (exact) mass is 638 g/mol. The van der Waals surface area contributed by atoms with Crippen LogP contribution in [0.2, 0.25) is 0 Å². The standard InChI is InChI=1S/C26H22F12N2O3/c1-42-20(40-4-2-22(3-5-40)12-39-21(41)43-22)19(13-6-15(23(27,28)29)10-16(7-13)24(30,31)32)14-8-17(25(33,34)35)11-18(9-14)26(36,37)38/h6-11,19-20H,2-5,12H2,1H3,(H,39,41). The first kappa shape index (κ1) is 32.7. The number of nitrogens with one attached hydrogen (secondary N) is 1. The molecule has 2 heterocycles. The van der Waals surface area contributed by atoms with Crippen LogP contribution in [0, 0.1) is 0 Å². The van der Waals surface area contributed by atoms with E-state index in [4.69, 9.17) is 9.47 Å². The molecule has 1 atom stereocenters. The Bertz CT molecular complexity index is 1200. The molecule has 238 valence electrons. The predicted octanol–water partition coefficient (Wildman–Crippen LogP) is 7.44. The number of rotatable bonds is 5. The summed E-state index contributed by atoms with van der Waals surface area (Å²) in [6, 6.07) is 0.561. The van der Waals surface area contributed by atoms with E-state index in [0.717, 1.165) is 7.11 Å². The van der Waals surface area contributed by atoms with Gasteiger partial charge in [0.1, 0.15) is 11.8 Å². The number of benzene rings is 2. The average molecular weight is 638 g/mol. The molecule has 0 aromatic heterocycles. The van der Waals surface area contributed by atoms with Gasteiger partial charge >= 0.3 is 30.8 Å². The van der Waals surface area contributed by atoms with Crippen molar-refractivity contribution in [3.63, 3.8) is 0 Å². The van der Waals surface area contributed by atoms with E-state index in [-0.39, 0.29) is 68.9 Å². The summed E-state index contributed by atoms with van der Waals surface area (Å²) >= 11 is 0. The zero-order valence-electron chi connectivity index (χ0n) is 21.9. The Balaban J connectivity index is 1.93. The third kappa shape index (κ3) is 7.13. The summed E-state index contributed by atoms with van der Waals surface area (Å²) < 4.78 is 175. The number of likely N-dealkylation sites (tertiary alicyclic amines) is 1. The molecular weight excluding hydrogens is 616 g/mol. The maximum absolute atomic E-state index is 13.7. The summed E-state index contributed by atoms with van der Waals surface area (Å²) in [5.41, 5.74) is -10.0. The molecule has 0 saturated carbocycles. The topological polar surface area (TPSA) is 50.8 Å². The van der Waals surface area contributed by atoms with Crippen LogP contribution >= 0.6 is 0 Å². The van der Waals surface area contributed by atoms with Crippen LogP contribution in [0.4, 0.5) is 57.5 Å². The molecule has 2 saturated heterocycles. The second kappa shape index (κ2) is 11.1. The van der Waals surface area contributed by atoms with Gasteiger partial charge in [0, 0.05) is 39.0 Å². The van der Waals surface area contributed by atoms with E-state index < -0.39 is 81.9 Å². The highest BCUT2D eigenvalue weighted by atomic mass is 19.4. The molecule has 0 aliphatic carbocycles. The van der Waals surface area contributed by atoms with Crippen LogP contribution < -0.4 is 5.32 Å². The molecule has 2 aromatic carbocycles. The van der Waals surface area contributed by atoms with E-state index in [2.05, 4.69) is 5.32 Å². The lowest BCUT2D eigenvalue weighted by atomic mass is 9.83. The number of piperidine rings is 1. The van der Waals surface area contributed by atoms with Gasteiger partial charge in [-0.15, -0.1) is 0 Å². The van der Waals surface area contributed by atoms with Gasteiger partial charge in [-0.05, 0) is 47.5 Å². The highest BCUT2D eigenvalue weighted by molar-refractivity contribution is 5.70. The Labute approximate surface area is 235 Å². The van der Waals surface area contributed by atoms with Gasteiger partial charge in [0.2, 0.25) is 0 Å². The van der Waals surface area contributed by atoms with Crippen LogP contribution in [-0.4, -0.2) is 49.6 Å². The first-order valence-corrected chi connectivity index (χ1v) is 12.5. The van der Waals surface area contributed by atoms with Gasteiger partial charge in [0.15, 0.2) is 0 Å². The summed E-state index contributed by atoms with van der Waals surface area (Å²) in [7, 11) is 0.968. The van der Waals surface area contributed by atoms with Crippen molar-refractivity contribution < 1.29 is 67.0 Å². The Hall–Kier alpha value is -3.21. The number of alkyl carbamates (subject to hydrolysis) is 1. The lowest BCUT2D eigenvalue weighted by Gasteiger charge is -2.43. The predicted molar refractivity (Wildman–Crippen MR) is 124 cm³/mol. The zero-order valence-corrected chi connectivity index (χ0v) is 21.9. The molecule has 17 heteroatoms. The number of alkyl halides is 12. The third-order valence-corrected chi connectivity index (χ3v) is 7.40. The van der Waals surface area contributed by atoms with Gasteiger partial charge in [0.25, 0.3) is 0 Å². The Kier molecular flexibility index (Phi) is 8.41. The van der Waals surface area contributed by atoms with Crippen molar-refractivity contribution in [1.29, 1.82) is 0 Å². The summed E-state index contributed by atoms with van der Waals surface area (Å²) in [5.74, 6) is -2.00. The second-order valence-corrected chi connectivity index (χ2v) is 10.2. The molecule has 1 unspecified atom stereocenters. The van der Waals surface area contributed by atoms with Crippen molar-refractivity contribution in [2.75, 3.05) is 26.7 Å². The van der Waals surface area contributed by atoms with E-state index in [1.54, 1.807) is 0 Å². The van der Waals surface area contributed by atoms with Crippen molar-refractivity contribution in [1.82, 2.24) is 10.2 Å². The highest BCUT2D eigenvalue weighted by Gasteiger charge is 2.47. The van der Waals surface area contributed by atoms with Crippen molar-refractivity contribution in [2.45, 2.75) is 55.3 Å². The smallest absolute Gasteiger partial charge is 0.416 e. The fourth-order valence-corrected chi connectivity index (χ4v) is 5.30. The summed E-state index contributed by atoms with van der Waals surface area (Å²) in [6.07, 6.45) is -23.6. The maximum atomic E-state index is 13.7. The van der Waals surface area contributed by atoms with Gasteiger partial charge in [-0.25, -0.2) is 4.79 Å². The summed E-state index contributed by atoms with van der Waals surface area (Å²) in [4.78, 5) is 12.9. The van der Waals surface area contributed by atoms with E-state index in [1.165, 1.54) is 4.90 Å². The first-order valence-electron chi connectivity index (χ1n) is 12.5. The summed E-state index contributed by atoms with van der Waals surface area (Å²) in [6.45, 7) is -0.0772. The molecule has 43 heavy (non-hydrogen) atoms. The van der Waals surface area contributed by atoms with E-state index in [1.807, 2.05) is 0 Å². The van der Waals surface area contributed by atoms with Crippen molar-refractivity contribution in [2.24, 2.45) is 0 Å². The molecule has 2 fully saturated rings. The van der Waals surface area contributed by atoms with Crippen molar-refractivity contribution in [3.05, 3.63) is 69.8 Å². The Morgan fingerprint density at radius 1 is 0.721 bits per heavy atom. The van der Waals surface area contributed by atoms with Crippen LogP contribution in [0.3, 0.4) is 0 Å². The van der Waals surface area contributed by atoms with Crippen LogP contribution in [-0.2, 0) is 34.2 Å². The molecule has 1 spiro atoms. The van der Waals surface area contributed by atoms with E-state index in [9.17, 15) is 57.5 Å². The number of hydrogen-bond acceptors (Lipinski definition) is 4. The number of hydrogen-bond donors (Lipinski definition) is 1. The highest BCUT2D eigenvalue weighted by Crippen LogP contribution is 2.44. The normalized spacial score (nSPS) is 19.1. The van der Waals surface area contributed by atoms with Crippen LogP contribution in [0.5, 0.6) is 0 Å². The van der Waals surface area contributed by atoms with Gasteiger partial charge in [-0.1, -0.05) is 0 Å². The van der Waals surface area contributed by atoms with Crippen LogP contribution in [0.25, 0.3) is 0 Å². The fourth-order valence-electron chi connectivity index (χ4n) is 5.30. The second-order valence-electron chi connectivity index (χ2n) is 10.2. The van der Waals surface area contributed by atoms with Crippen molar-refractivity contribution in [3.8, 4) is 0 Å². The van der Waals surface area contributed by atoms with Crippen LogP contribution in [0.15, 0.2) is 36.4 Å². The molecule has 1 amide bonds. The van der Waals surface area contributed by atoms with Crippen molar-refractivity contribution >= 4 is 6.09 Å². The molecule has 4 rings (SSSR count). The molecule has 1 N–H and O–H groups in total. The lowest BCUT2D eigenvalue weighted by Crippen LogP contribution is -2.52. The molecule has 2 aromatic rings. The minimum absolute atomic E-state index is 0.0745. The SMILES string of the molecule is COC(C(c1cc(C(F)(F)F)cc(C(F)(F)F)c1)c1cc(C(F)(F)F)cc(C(F)(F)F)c1)N1CCC2(CC1)CNC(=O)O2. The average Bonchev–Trinajstić information content (AvgIpc) is 3.24. The van der Waals surface area contributed by atoms with E-state index in [0.29, 0.717) is 0 Å². The van der Waals surface area contributed by atoms with Gasteiger partial charge in [-0.3, -0.25) is 4.90 Å². The largest absolute Gasteiger partial charge is 0.441 e. The molecule has 2 aliphatic heterocycles. The number of nitrogens with zero attached hydrogens (tertiary/aromatic N) is 1. The van der Waals surface area contributed by atoms with Crippen LogP contribution in [0.1, 0.15) is 52.1 Å². The zero-order chi connectivity index (χ0) is 32.2. The minimum Gasteiger partial charge on any atom is -0.441 e. The first-order chi connectivity index (χ1) is 19.6. The minimum atomic E-state index is -5.36. The number of carbonyl (C=O) groups excluding carboxylic acids is 1. The van der Waals surface area contributed by atoms with Gasteiger partial charge < -0.3 is 14.8 Å². The number of halogens is 12. The maximum Gasteiger partial charge on any atom is 0.416 e. The Morgan fingerprint density at radius 3 is 1.37 bits per heavy atom. The lowest BCUT2D eigenvalue weighted by molar-refractivity contribution is -0.144. The molecule has 0 bridgehead atoms. The number of methoxy groups -OCH3 is 1. The number of amides is 1.